The molecule has 1 amide bonds. The highest BCUT2D eigenvalue weighted by molar-refractivity contribution is 5.93. The first-order valence-electron chi connectivity index (χ1n) is 6.69. The Kier molecular flexibility index (Phi) is 5.42. The van der Waals surface area contributed by atoms with Gasteiger partial charge in [-0.25, -0.2) is 0 Å². The van der Waals surface area contributed by atoms with E-state index in [0.717, 1.165) is 51.0 Å². The Hall–Kier alpha value is -1.13. The van der Waals surface area contributed by atoms with Crippen molar-refractivity contribution in [3.8, 4) is 0 Å². The van der Waals surface area contributed by atoms with Crippen molar-refractivity contribution in [1.29, 1.82) is 0 Å². The molecule has 1 atom stereocenters. The molecule has 1 fully saturated rings. The van der Waals surface area contributed by atoms with Crippen molar-refractivity contribution in [3.63, 3.8) is 0 Å². The lowest BCUT2D eigenvalue weighted by Crippen LogP contribution is -2.26. The molecule has 2 aliphatic rings. The highest BCUT2D eigenvalue weighted by atomic mass is 16.6. The molecular formula is C14H21NO3. The van der Waals surface area contributed by atoms with Crippen LogP contribution in [-0.4, -0.2) is 38.4 Å². The van der Waals surface area contributed by atoms with E-state index in [1.54, 1.807) is 0 Å². The fraction of sp³-hybridized carbons (Fsp3) is 0.643. The van der Waals surface area contributed by atoms with Crippen molar-refractivity contribution >= 4 is 5.91 Å². The van der Waals surface area contributed by atoms with Gasteiger partial charge >= 0.3 is 0 Å². The molecule has 0 saturated carbocycles. The molecule has 1 unspecified atom stereocenters. The van der Waals surface area contributed by atoms with Crippen LogP contribution in [0.3, 0.4) is 0 Å². The standard InChI is InChI=1S/C14H21NO3/c16-14(12-6-2-1-3-7-12)15-8-4-5-9-17-10-13-11-18-13/h1-2,6,13H,3-5,7-11H2,(H,15,16). The molecule has 0 aromatic carbocycles. The lowest BCUT2D eigenvalue weighted by molar-refractivity contribution is -0.117. The summed E-state index contributed by atoms with van der Waals surface area (Å²) in [6.07, 6.45) is 10.0. The summed E-state index contributed by atoms with van der Waals surface area (Å²) >= 11 is 0. The highest BCUT2D eigenvalue weighted by Gasteiger charge is 2.21. The largest absolute Gasteiger partial charge is 0.379 e. The third-order valence-electron chi connectivity index (χ3n) is 3.01. The van der Waals surface area contributed by atoms with Crippen molar-refractivity contribution < 1.29 is 14.3 Å². The Balaban J connectivity index is 1.45. The van der Waals surface area contributed by atoms with Gasteiger partial charge in [0.2, 0.25) is 5.91 Å². The third-order valence-corrected chi connectivity index (χ3v) is 3.01. The second-order valence-corrected chi connectivity index (χ2v) is 4.65. The lowest BCUT2D eigenvalue weighted by atomic mass is 10.0. The van der Waals surface area contributed by atoms with Crippen molar-refractivity contribution in [3.05, 3.63) is 23.8 Å². The van der Waals surface area contributed by atoms with Gasteiger partial charge in [0.15, 0.2) is 0 Å². The van der Waals surface area contributed by atoms with Gasteiger partial charge in [-0.15, -0.1) is 0 Å². The van der Waals surface area contributed by atoms with Crippen molar-refractivity contribution in [2.24, 2.45) is 0 Å². The average molecular weight is 251 g/mol. The monoisotopic (exact) mass is 251 g/mol. The highest BCUT2D eigenvalue weighted by Crippen LogP contribution is 2.11. The molecule has 1 heterocycles. The molecule has 1 aliphatic carbocycles. The van der Waals surface area contributed by atoms with Crippen LogP contribution in [-0.2, 0) is 14.3 Å². The van der Waals surface area contributed by atoms with E-state index in [1.165, 1.54) is 0 Å². The van der Waals surface area contributed by atoms with E-state index >= 15 is 0 Å². The van der Waals surface area contributed by atoms with Crippen molar-refractivity contribution in [1.82, 2.24) is 5.32 Å². The van der Waals surface area contributed by atoms with Crippen molar-refractivity contribution in [2.45, 2.75) is 31.8 Å². The van der Waals surface area contributed by atoms with Gasteiger partial charge in [0.05, 0.1) is 13.2 Å². The molecule has 1 saturated heterocycles. The van der Waals surface area contributed by atoms with Gasteiger partial charge in [-0.2, -0.15) is 0 Å². The van der Waals surface area contributed by atoms with Gasteiger partial charge in [-0.1, -0.05) is 18.2 Å². The summed E-state index contributed by atoms with van der Waals surface area (Å²) in [5.74, 6) is 0.0756. The minimum absolute atomic E-state index is 0.0756. The smallest absolute Gasteiger partial charge is 0.247 e. The fourth-order valence-corrected chi connectivity index (χ4v) is 1.82. The predicted molar refractivity (Wildman–Crippen MR) is 69.3 cm³/mol. The SMILES string of the molecule is O=C(NCCCCOCC1CO1)C1=CC=CCC1. The Morgan fingerprint density at radius 3 is 3.11 bits per heavy atom. The summed E-state index contributed by atoms with van der Waals surface area (Å²) < 4.78 is 10.5. The summed E-state index contributed by atoms with van der Waals surface area (Å²) in [5.41, 5.74) is 0.889. The number of hydrogen-bond donors (Lipinski definition) is 1. The number of hydrogen-bond acceptors (Lipinski definition) is 3. The molecule has 0 spiro atoms. The van der Waals surface area contributed by atoms with Gasteiger partial charge in [0.1, 0.15) is 6.10 Å². The maximum Gasteiger partial charge on any atom is 0.247 e. The van der Waals surface area contributed by atoms with Crippen LogP contribution in [0.1, 0.15) is 25.7 Å². The van der Waals surface area contributed by atoms with Crippen molar-refractivity contribution in [2.75, 3.05) is 26.4 Å². The summed E-state index contributed by atoms with van der Waals surface area (Å²) in [7, 11) is 0. The molecular weight excluding hydrogens is 230 g/mol. The molecule has 1 N–H and O–H groups in total. The van der Waals surface area contributed by atoms with Gasteiger partial charge in [-0.3, -0.25) is 4.79 Å². The van der Waals surface area contributed by atoms with Crippen LogP contribution in [0.5, 0.6) is 0 Å². The van der Waals surface area contributed by atoms with Crippen LogP contribution < -0.4 is 5.32 Å². The van der Waals surface area contributed by atoms with Gasteiger partial charge in [0.25, 0.3) is 0 Å². The van der Waals surface area contributed by atoms with E-state index in [4.69, 9.17) is 9.47 Å². The lowest BCUT2D eigenvalue weighted by Gasteiger charge is -2.09. The van der Waals surface area contributed by atoms with Crippen LogP contribution in [0.2, 0.25) is 0 Å². The molecule has 1 aliphatic heterocycles. The Morgan fingerprint density at radius 2 is 2.39 bits per heavy atom. The summed E-state index contributed by atoms with van der Waals surface area (Å²) in [5, 5.41) is 2.94. The number of rotatable bonds is 8. The number of amides is 1. The molecule has 2 rings (SSSR count). The molecule has 18 heavy (non-hydrogen) atoms. The summed E-state index contributed by atoms with van der Waals surface area (Å²) in [6.45, 7) is 3.04. The van der Waals surface area contributed by atoms with Gasteiger partial charge in [0, 0.05) is 18.7 Å². The van der Waals surface area contributed by atoms with E-state index < -0.39 is 0 Å². The molecule has 4 heteroatoms. The number of carbonyl (C=O) groups is 1. The normalized spacial score (nSPS) is 21.6. The Bertz CT molecular complexity index is 332. The van der Waals surface area contributed by atoms with E-state index in [0.29, 0.717) is 12.7 Å². The Labute approximate surface area is 108 Å². The molecule has 4 nitrogen and oxygen atoms in total. The van der Waals surface area contributed by atoms with Crippen LogP contribution in [0, 0.1) is 0 Å². The van der Waals surface area contributed by atoms with E-state index in [1.807, 2.05) is 12.2 Å². The van der Waals surface area contributed by atoms with E-state index in [-0.39, 0.29) is 5.91 Å². The molecule has 100 valence electrons. The Morgan fingerprint density at radius 1 is 1.50 bits per heavy atom. The first kappa shape index (κ1) is 13.3. The van der Waals surface area contributed by atoms with Crippen LogP contribution in [0.4, 0.5) is 0 Å². The third kappa shape index (κ3) is 5.02. The number of carbonyl (C=O) groups excluding carboxylic acids is 1. The number of unbranched alkanes of at least 4 members (excludes halogenated alkanes) is 1. The molecule has 0 aromatic rings. The quantitative estimate of drug-likeness (QED) is 0.526. The van der Waals surface area contributed by atoms with E-state index in [2.05, 4.69) is 11.4 Å². The summed E-state index contributed by atoms with van der Waals surface area (Å²) in [6, 6.07) is 0. The molecule has 0 radical (unpaired) electrons. The maximum absolute atomic E-state index is 11.7. The maximum atomic E-state index is 11.7. The second kappa shape index (κ2) is 7.34. The second-order valence-electron chi connectivity index (χ2n) is 4.65. The van der Waals surface area contributed by atoms with Crippen LogP contribution in [0.25, 0.3) is 0 Å². The number of ether oxygens (including phenoxy) is 2. The summed E-state index contributed by atoms with van der Waals surface area (Å²) in [4.78, 5) is 11.7. The average Bonchev–Trinajstić information content (AvgIpc) is 3.22. The first-order valence-corrected chi connectivity index (χ1v) is 6.69. The minimum atomic E-state index is 0.0756. The topological polar surface area (TPSA) is 50.9 Å². The van der Waals surface area contributed by atoms with Crippen LogP contribution >= 0.6 is 0 Å². The van der Waals surface area contributed by atoms with Crippen LogP contribution in [0.15, 0.2) is 23.8 Å². The molecule has 0 aromatic heterocycles. The predicted octanol–water partition coefficient (Wildman–Crippen LogP) is 1.57. The molecule has 0 bridgehead atoms. The number of epoxide rings is 1. The van der Waals surface area contributed by atoms with Gasteiger partial charge in [-0.05, 0) is 25.7 Å². The fourth-order valence-electron chi connectivity index (χ4n) is 1.82. The zero-order valence-electron chi connectivity index (χ0n) is 10.7. The first-order chi connectivity index (χ1) is 8.86. The zero-order valence-corrected chi connectivity index (χ0v) is 10.7. The zero-order chi connectivity index (χ0) is 12.6. The number of nitrogens with one attached hydrogen (secondary N) is 1. The van der Waals surface area contributed by atoms with E-state index in [9.17, 15) is 4.79 Å². The van der Waals surface area contributed by atoms with Gasteiger partial charge < -0.3 is 14.8 Å². The number of allylic oxidation sites excluding steroid dienone is 3. The minimum Gasteiger partial charge on any atom is -0.379 e.